The summed E-state index contributed by atoms with van der Waals surface area (Å²) < 4.78 is 0. The van der Waals surface area contributed by atoms with Gasteiger partial charge in [-0.05, 0) is 56.2 Å². The summed E-state index contributed by atoms with van der Waals surface area (Å²) in [6, 6.07) is 7.38. The highest BCUT2D eigenvalue weighted by molar-refractivity contribution is 6.30. The summed E-state index contributed by atoms with van der Waals surface area (Å²) in [5.41, 5.74) is 0.894. The molecule has 5 heteroatoms. The maximum absolute atomic E-state index is 13.1. The molecule has 4 nitrogen and oxygen atoms in total. The molecule has 1 unspecified atom stereocenters. The molecule has 3 rings (SSSR count). The van der Waals surface area contributed by atoms with Gasteiger partial charge in [-0.1, -0.05) is 23.7 Å². The summed E-state index contributed by atoms with van der Waals surface area (Å²) >= 11 is 6.00. The number of benzene rings is 1. The van der Waals surface area contributed by atoms with Gasteiger partial charge in [0.2, 0.25) is 11.8 Å². The molecule has 136 valence electrons. The number of halogens is 1. The van der Waals surface area contributed by atoms with Crippen LogP contribution in [-0.4, -0.2) is 47.8 Å². The van der Waals surface area contributed by atoms with Gasteiger partial charge >= 0.3 is 0 Å². The van der Waals surface area contributed by atoms with E-state index in [1.54, 1.807) is 12.1 Å². The van der Waals surface area contributed by atoms with Crippen molar-refractivity contribution in [2.45, 2.75) is 50.9 Å². The molecule has 0 aromatic heterocycles. The Morgan fingerprint density at radius 3 is 1.92 bits per heavy atom. The van der Waals surface area contributed by atoms with Crippen LogP contribution in [0.3, 0.4) is 0 Å². The monoisotopic (exact) mass is 362 g/mol. The molecule has 0 bridgehead atoms. The summed E-state index contributed by atoms with van der Waals surface area (Å²) in [4.78, 5) is 29.8. The summed E-state index contributed by atoms with van der Waals surface area (Å²) in [6.07, 6.45) is 6.88. The molecule has 25 heavy (non-hydrogen) atoms. The minimum atomic E-state index is -0.398. The molecule has 2 amide bonds. The van der Waals surface area contributed by atoms with Crippen LogP contribution in [0.4, 0.5) is 0 Å². The van der Waals surface area contributed by atoms with Gasteiger partial charge in [-0.3, -0.25) is 9.59 Å². The van der Waals surface area contributed by atoms with Gasteiger partial charge in [-0.15, -0.1) is 0 Å². The number of piperidine rings is 2. The lowest BCUT2D eigenvalue weighted by atomic mass is 9.92. The first-order valence-corrected chi connectivity index (χ1v) is 9.85. The zero-order valence-corrected chi connectivity index (χ0v) is 15.5. The van der Waals surface area contributed by atoms with Gasteiger partial charge in [-0.2, -0.15) is 0 Å². The Balaban J connectivity index is 1.76. The highest BCUT2D eigenvalue weighted by atomic mass is 35.5. The quantitative estimate of drug-likeness (QED) is 0.816. The van der Waals surface area contributed by atoms with E-state index in [1.165, 1.54) is 12.8 Å². The van der Waals surface area contributed by atoms with Crippen LogP contribution in [0.25, 0.3) is 0 Å². The van der Waals surface area contributed by atoms with E-state index in [-0.39, 0.29) is 18.2 Å². The highest BCUT2D eigenvalue weighted by Crippen LogP contribution is 2.27. The maximum Gasteiger partial charge on any atom is 0.230 e. The lowest BCUT2D eigenvalue weighted by Crippen LogP contribution is -2.42. The first-order valence-electron chi connectivity index (χ1n) is 9.47. The number of carbonyl (C=O) groups excluding carboxylic acids is 2. The summed E-state index contributed by atoms with van der Waals surface area (Å²) in [6.45, 7) is 3.26. The predicted octanol–water partition coefficient (Wildman–Crippen LogP) is 3.84. The fourth-order valence-electron chi connectivity index (χ4n) is 3.82. The second-order valence-electron chi connectivity index (χ2n) is 7.14. The minimum absolute atomic E-state index is 0.0902. The smallest absolute Gasteiger partial charge is 0.230 e. The molecular weight excluding hydrogens is 336 g/mol. The number of nitrogens with zero attached hydrogens (tertiary/aromatic N) is 2. The third-order valence-corrected chi connectivity index (χ3v) is 5.58. The molecule has 1 aromatic rings. The third-order valence-electron chi connectivity index (χ3n) is 5.33. The second kappa shape index (κ2) is 8.70. The Morgan fingerprint density at radius 2 is 1.36 bits per heavy atom. The Morgan fingerprint density at radius 1 is 0.840 bits per heavy atom. The van der Waals surface area contributed by atoms with E-state index in [1.807, 2.05) is 21.9 Å². The fraction of sp³-hybridized carbons (Fsp3) is 0.600. The van der Waals surface area contributed by atoms with Crippen LogP contribution in [0, 0.1) is 0 Å². The van der Waals surface area contributed by atoms with Crippen LogP contribution in [-0.2, 0) is 9.59 Å². The van der Waals surface area contributed by atoms with Gasteiger partial charge in [0.05, 0.1) is 5.92 Å². The van der Waals surface area contributed by atoms with E-state index in [4.69, 9.17) is 11.6 Å². The van der Waals surface area contributed by atoms with Gasteiger partial charge in [0.1, 0.15) is 0 Å². The lowest BCUT2D eigenvalue weighted by Gasteiger charge is -2.32. The van der Waals surface area contributed by atoms with Crippen molar-refractivity contribution in [2.75, 3.05) is 26.2 Å². The molecular formula is C20H27ClN2O2. The van der Waals surface area contributed by atoms with Crippen molar-refractivity contribution in [3.8, 4) is 0 Å². The van der Waals surface area contributed by atoms with Crippen LogP contribution in [0.5, 0.6) is 0 Å². The number of carbonyl (C=O) groups is 2. The average molecular weight is 363 g/mol. The van der Waals surface area contributed by atoms with Crippen molar-refractivity contribution in [1.29, 1.82) is 0 Å². The van der Waals surface area contributed by atoms with Crippen molar-refractivity contribution in [2.24, 2.45) is 0 Å². The Labute approximate surface area is 155 Å². The Kier molecular flexibility index (Phi) is 6.35. The molecule has 0 spiro atoms. The van der Waals surface area contributed by atoms with Gasteiger partial charge < -0.3 is 9.80 Å². The maximum atomic E-state index is 13.1. The van der Waals surface area contributed by atoms with Crippen molar-refractivity contribution in [3.63, 3.8) is 0 Å². The third kappa shape index (κ3) is 4.75. The lowest BCUT2D eigenvalue weighted by molar-refractivity contribution is -0.139. The molecule has 2 heterocycles. The number of rotatable bonds is 4. The molecule has 0 radical (unpaired) electrons. The fourth-order valence-corrected chi connectivity index (χ4v) is 3.95. The van der Waals surface area contributed by atoms with E-state index in [9.17, 15) is 9.59 Å². The van der Waals surface area contributed by atoms with Crippen LogP contribution < -0.4 is 0 Å². The van der Waals surface area contributed by atoms with Crippen molar-refractivity contribution in [3.05, 3.63) is 34.9 Å². The minimum Gasteiger partial charge on any atom is -0.343 e. The molecule has 2 aliphatic heterocycles. The largest absolute Gasteiger partial charge is 0.343 e. The van der Waals surface area contributed by atoms with Crippen molar-refractivity contribution >= 4 is 23.4 Å². The van der Waals surface area contributed by atoms with E-state index < -0.39 is 5.92 Å². The number of hydrogen-bond acceptors (Lipinski definition) is 2. The van der Waals surface area contributed by atoms with E-state index in [0.29, 0.717) is 5.02 Å². The summed E-state index contributed by atoms with van der Waals surface area (Å²) in [5.74, 6) is -0.206. The number of hydrogen-bond donors (Lipinski definition) is 0. The normalized spacial score (nSPS) is 19.6. The van der Waals surface area contributed by atoms with Gasteiger partial charge in [0.25, 0.3) is 0 Å². The van der Waals surface area contributed by atoms with E-state index >= 15 is 0 Å². The first kappa shape index (κ1) is 18.2. The molecule has 0 saturated carbocycles. The molecule has 2 aliphatic rings. The topological polar surface area (TPSA) is 40.6 Å². The van der Waals surface area contributed by atoms with E-state index in [2.05, 4.69) is 0 Å². The molecule has 1 aromatic carbocycles. The second-order valence-corrected chi connectivity index (χ2v) is 7.57. The average Bonchev–Trinajstić information content (AvgIpc) is 2.67. The Hall–Kier alpha value is -1.55. The van der Waals surface area contributed by atoms with Crippen LogP contribution in [0.2, 0.25) is 5.02 Å². The van der Waals surface area contributed by atoms with Crippen molar-refractivity contribution < 1.29 is 9.59 Å². The van der Waals surface area contributed by atoms with Gasteiger partial charge in [0.15, 0.2) is 0 Å². The zero-order valence-electron chi connectivity index (χ0n) is 14.8. The van der Waals surface area contributed by atoms with Crippen LogP contribution in [0.15, 0.2) is 24.3 Å². The van der Waals surface area contributed by atoms with Gasteiger partial charge in [-0.25, -0.2) is 0 Å². The van der Waals surface area contributed by atoms with Crippen LogP contribution >= 0.6 is 11.6 Å². The van der Waals surface area contributed by atoms with Crippen LogP contribution in [0.1, 0.15) is 56.4 Å². The molecule has 2 saturated heterocycles. The molecule has 0 aliphatic carbocycles. The number of amides is 2. The molecule has 2 fully saturated rings. The Bertz CT molecular complexity index is 590. The SMILES string of the molecule is O=C(CC(C(=O)N1CCCCC1)c1ccc(Cl)cc1)N1CCCCC1. The molecule has 1 atom stereocenters. The first-order chi connectivity index (χ1) is 12.1. The van der Waals surface area contributed by atoms with E-state index in [0.717, 1.165) is 57.4 Å². The number of likely N-dealkylation sites (tertiary alicyclic amines) is 2. The summed E-state index contributed by atoms with van der Waals surface area (Å²) in [7, 11) is 0. The predicted molar refractivity (Wildman–Crippen MR) is 99.7 cm³/mol. The zero-order chi connectivity index (χ0) is 17.6. The van der Waals surface area contributed by atoms with Crippen molar-refractivity contribution in [1.82, 2.24) is 9.80 Å². The summed E-state index contributed by atoms with van der Waals surface area (Å²) in [5, 5.41) is 0.648. The van der Waals surface area contributed by atoms with Gasteiger partial charge in [0, 0.05) is 37.6 Å². The molecule has 0 N–H and O–H groups in total. The highest BCUT2D eigenvalue weighted by Gasteiger charge is 2.30. The standard InChI is InChI=1S/C20H27ClN2O2/c21-17-9-7-16(8-10-17)18(20(25)23-13-5-2-6-14-23)15-19(24)22-11-3-1-4-12-22/h7-10,18H,1-6,11-15H2.